The third kappa shape index (κ3) is 3.59. The standard InChI is InChI=1S/C15H10F4O2/c16-12-4-5-13(10(7-12)8-14(20)21)9-2-1-3-11(6-9)15(17,18)19/h1-7H,8H2,(H,20,21). The molecule has 0 aliphatic heterocycles. The van der Waals surface area contributed by atoms with Crippen LogP contribution in [0.1, 0.15) is 11.1 Å². The molecule has 0 amide bonds. The summed E-state index contributed by atoms with van der Waals surface area (Å²) in [7, 11) is 0. The molecule has 0 aliphatic rings. The maximum absolute atomic E-state index is 13.2. The molecule has 0 aromatic heterocycles. The van der Waals surface area contributed by atoms with Crippen LogP contribution in [0.15, 0.2) is 42.5 Å². The first-order valence-corrected chi connectivity index (χ1v) is 5.95. The average Bonchev–Trinajstić information content (AvgIpc) is 2.37. The van der Waals surface area contributed by atoms with Gasteiger partial charge in [0.2, 0.25) is 0 Å². The van der Waals surface area contributed by atoms with E-state index in [9.17, 15) is 22.4 Å². The highest BCUT2D eigenvalue weighted by atomic mass is 19.4. The highest BCUT2D eigenvalue weighted by molar-refractivity contribution is 5.76. The first-order chi connectivity index (χ1) is 9.77. The van der Waals surface area contributed by atoms with E-state index in [4.69, 9.17) is 5.11 Å². The lowest BCUT2D eigenvalue weighted by atomic mass is 9.96. The summed E-state index contributed by atoms with van der Waals surface area (Å²) in [6.07, 6.45) is -4.97. The van der Waals surface area contributed by atoms with Crippen LogP contribution < -0.4 is 0 Å². The van der Waals surface area contributed by atoms with Crippen molar-refractivity contribution in [2.45, 2.75) is 12.6 Å². The van der Waals surface area contributed by atoms with Crippen molar-refractivity contribution in [3.8, 4) is 11.1 Å². The smallest absolute Gasteiger partial charge is 0.416 e. The monoisotopic (exact) mass is 298 g/mol. The van der Waals surface area contributed by atoms with Gasteiger partial charge >= 0.3 is 12.1 Å². The second kappa shape index (κ2) is 5.55. The Morgan fingerprint density at radius 1 is 1.10 bits per heavy atom. The molecule has 0 heterocycles. The minimum Gasteiger partial charge on any atom is -0.481 e. The van der Waals surface area contributed by atoms with Gasteiger partial charge < -0.3 is 5.11 Å². The fourth-order valence-electron chi connectivity index (χ4n) is 2.02. The van der Waals surface area contributed by atoms with Gasteiger partial charge in [-0.25, -0.2) is 4.39 Å². The van der Waals surface area contributed by atoms with Crippen molar-refractivity contribution in [1.82, 2.24) is 0 Å². The molecule has 0 bridgehead atoms. The number of benzene rings is 2. The highest BCUT2D eigenvalue weighted by Gasteiger charge is 2.30. The molecule has 6 heteroatoms. The molecule has 1 N–H and O–H groups in total. The minimum atomic E-state index is -4.50. The summed E-state index contributed by atoms with van der Waals surface area (Å²) in [5.41, 5.74) is -0.251. The highest BCUT2D eigenvalue weighted by Crippen LogP contribution is 2.33. The predicted molar refractivity (Wildman–Crippen MR) is 68.2 cm³/mol. The van der Waals surface area contributed by atoms with Crippen molar-refractivity contribution >= 4 is 5.97 Å². The molecule has 2 aromatic rings. The molecule has 110 valence electrons. The van der Waals surface area contributed by atoms with Crippen LogP contribution in [0.25, 0.3) is 11.1 Å². The second-order valence-corrected chi connectivity index (χ2v) is 4.45. The summed E-state index contributed by atoms with van der Waals surface area (Å²) >= 11 is 0. The summed E-state index contributed by atoms with van der Waals surface area (Å²) in [6, 6.07) is 7.87. The number of hydrogen-bond donors (Lipinski definition) is 1. The number of rotatable bonds is 3. The van der Waals surface area contributed by atoms with Crippen LogP contribution >= 0.6 is 0 Å². The van der Waals surface area contributed by atoms with Crippen molar-refractivity contribution in [2.24, 2.45) is 0 Å². The van der Waals surface area contributed by atoms with Crippen molar-refractivity contribution in [3.05, 3.63) is 59.4 Å². The molecule has 0 saturated heterocycles. The van der Waals surface area contributed by atoms with Crippen molar-refractivity contribution in [1.29, 1.82) is 0 Å². The summed E-state index contributed by atoms with van der Waals surface area (Å²) in [5, 5.41) is 8.81. The van der Waals surface area contributed by atoms with E-state index in [0.717, 1.165) is 24.3 Å². The average molecular weight is 298 g/mol. The zero-order chi connectivity index (χ0) is 15.6. The number of carboxylic acids is 1. The molecule has 0 aliphatic carbocycles. The number of halogens is 4. The van der Waals surface area contributed by atoms with Gasteiger partial charge in [0.25, 0.3) is 0 Å². The summed E-state index contributed by atoms with van der Waals surface area (Å²) < 4.78 is 51.3. The van der Waals surface area contributed by atoms with Crippen molar-refractivity contribution in [3.63, 3.8) is 0 Å². The fourth-order valence-corrected chi connectivity index (χ4v) is 2.02. The van der Waals surface area contributed by atoms with Crippen LogP contribution in [0.4, 0.5) is 17.6 Å². The van der Waals surface area contributed by atoms with E-state index in [2.05, 4.69) is 0 Å². The minimum absolute atomic E-state index is 0.127. The largest absolute Gasteiger partial charge is 0.481 e. The lowest BCUT2D eigenvalue weighted by Gasteiger charge is -2.11. The van der Waals surface area contributed by atoms with Gasteiger partial charge in [0, 0.05) is 0 Å². The van der Waals surface area contributed by atoms with E-state index in [1.807, 2.05) is 0 Å². The lowest BCUT2D eigenvalue weighted by Crippen LogP contribution is -2.05. The van der Waals surface area contributed by atoms with Crippen LogP contribution in [0.2, 0.25) is 0 Å². The van der Waals surface area contributed by atoms with Gasteiger partial charge in [-0.15, -0.1) is 0 Å². The van der Waals surface area contributed by atoms with E-state index >= 15 is 0 Å². The molecule has 21 heavy (non-hydrogen) atoms. The van der Waals surface area contributed by atoms with Crippen LogP contribution in [-0.4, -0.2) is 11.1 Å². The first kappa shape index (κ1) is 15.0. The number of carboxylic acid groups (broad SMARTS) is 1. The maximum Gasteiger partial charge on any atom is 0.416 e. The summed E-state index contributed by atoms with van der Waals surface area (Å²) in [4.78, 5) is 10.8. The second-order valence-electron chi connectivity index (χ2n) is 4.45. The Morgan fingerprint density at radius 3 is 2.43 bits per heavy atom. The Morgan fingerprint density at radius 2 is 1.81 bits per heavy atom. The molecular weight excluding hydrogens is 288 g/mol. The number of carbonyl (C=O) groups is 1. The van der Waals surface area contributed by atoms with Gasteiger partial charge in [0.15, 0.2) is 0 Å². The van der Waals surface area contributed by atoms with Gasteiger partial charge in [-0.05, 0) is 41.0 Å². The Kier molecular flexibility index (Phi) is 3.97. The number of alkyl halides is 3. The van der Waals surface area contributed by atoms with Crippen LogP contribution in [0, 0.1) is 5.82 Å². The maximum atomic E-state index is 13.2. The topological polar surface area (TPSA) is 37.3 Å². The van der Waals surface area contributed by atoms with Gasteiger partial charge in [0.1, 0.15) is 5.82 Å². The van der Waals surface area contributed by atoms with Crippen LogP contribution in [0.5, 0.6) is 0 Å². The fraction of sp³-hybridized carbons (Fsp3) is 0.133. The van der Waals surface area contributed by atoms with Gasteiger partial charge in [-0.2, -0.15) is 13.2 Å². The molecule has 0 fully saturated rings. The molecule has 2 rings (SSSR count). The zero-order valence-electron chi connectivity index (χ0n) is 10.6. The molecule has 0 radical (unpaired) electrons. The Labute approximate surface area is 117 Å². The molecule has 2 aromatic carbocycles. The Bertz CT molecular complexity index is 678. The molecule has 0 spiro atoms. The van der Waals surface area contributed by atoms with Gasteiger partial charge in [-0.1, -0.05) is 18.2 Å². The summed E-state index contributed by atoms with van der Waals surface area (Å²) in [6.45, 7) is 0. The molecule has 0 unspecified atom stereocenters. The van der Waals surface area contributed by atoms with Crippen molar-refractivity contribution in [2.75, 3.05) is 0 Å². The van der Waals surface area contributed by atoms with Crippen molar-refractivity contribution < 1.29 is 27.5 Å². The molecular formula is C15H10F4O2. The van der Waals surface area contributed by atoms with Gasteiger partial charge in [-0.3, -0.25) is 4.79 Å². The predicted octanol–water partition coefficient (Wildman–Crippen LogP) is 4.14. The quantitative estimate of drug-likeness (QED) is 0.865. The normalized spacial score (nSPS) is 11.4. The van der Waals surface area contributed by atoms with E-state index in [1.165, 1.54) is 18.2 Å². The lowest BCUT2D eigenvalue weighted by molar-refractivity contribution is -0.138. The Hall–Kier alpha value is -2.37. The van der Waals surface area contributed by atoms with E-state index < -0.39 is 29.9 Å². The third-order valence-electron chi connectivity index (χ3n) is 2.91. The summed E-state index contributed by atoms with van der Waals surface area (Å²) in [5.74, 6) is -1.82. The van der Waals surface area contributed by atoms with E-state index in [1.54, 1.807) is 0 Å². The third-order valence-corrected chi connectivity index (χ3v) is 2.91. The molecule has 2 nitrogen and oxygen atoms in total. The van der Waals surface area contributed by atoms with E-state index in [-0.39, 0.29) is 16.7 Å². The molecule has 0 atom stereocenters. The number of hydrogen-bond acceptors (Lipinski definition) is 1. The van der Waals surface area contributed by atoms with E-state index in [0.29, 0.717) is 0 Å². The Balaban J connectivity index is 2.54. The number of aliphatic carboxylic acids is 1. The zero-order valence-corrected chi connectivity index (χ0v) is 10.6. The van der Waals surface area contributed by atoms with Crippen LogP contribution in [-0.2, 0) is 17.4 Å². The molecule has 0 saturated carbocycles. The SMILES string of the molecule is O=C(O)Cc1cc(F)ccc1-c1cccc(C(F)(F)F)c1. The first-order valence-electron chi connectivity index (χ1n) is 5.95. The van der Waals surface area contributed by atoms with Gasteiger partial charge in [0.05, 0.1) is 12.0 Å². The van der Waals surface area contributed by atoms with Crippen LogP contribution in [0.3, 0.4) is 0 Å².